The molecule has 0 fully saturated rings. The molecule has 0 bridgehead atoms. The summed E-state index contributed by atoms with van der Waals surface area (Å²) < 4.78 is 19.4. The lowest BCUT2D eigenvalue weighted by molar-refractivity contribution is 0.472. The summed E-state index contributed by atoms with van der Waals surface area (Å²) in [5.74, 6) is 0.622. The van der Waals surface area contributed by atoms with Crippen molar-refractivity contribution >= 4 is 17.6 Å². The highest BCUT2D eigenvalue weighted by molar-refractivity contribution is 5.63. The third kappa shape index (κ3) is 4.07. The molecule has 0 spiro atoms. The molecule has 118 valence electrons. The Balaban J connectivity index is 0.00000116. The van der Waals surface area contributed by atoms with Crippen LogP contribution in [0.15, 0.2) is 35.3 Å². The summed E-state index contributed by atoms with van der Waals surface area (Å²) in [6.07, 6.45) is 1.72. The van der Waals surface area contributed by atoms with Gasteiger partial charge in [-0.25, -0.2) is 4.39 Å². The van der Waals surface area contributed by atoms with E-state index in [2.05, 4.69) is 4.99 Å². The van der Waals surface area contributed by atoms with Crippen molar-refractivity contribution in [3.63, 3.8) is 0 Å². The van der Waals surface area contributed by atoms with Crippen molar-refractivity contribution in [1.29, 1.82) is 0 Å². The maximum absolute atomic E-state index is 13.7. The van der Waals surface area contributed by atoms with E-state index in [1.807, 2.05) is 45.9 Å². The van der Waals surface area contributed by atoms with Crippen LogP contribution in [0.4, 0.5) is 15.8 Å². The fourth-order valence-electron chi connectivity index (χ4n) is 1.86. The fourth-order valence-corrected chi connectivity index (χ4v) is 1.86. The highest BCUT2D eigenvalue weighted by atomic mass is 19.1. The summed E-state index contributed by atoms with van der Waals surface area (Å²) in [4.78, 5) is 4.26. The lowest BCUT2D eigenvalue weighted by Gasteiger charge is -2.11. The first-order valence-electron chi connectivity index (χ1n) is 7.34. The SMILES string of the molecule is CC.CC=Nc1cc(Oc2ccc(N)c(F)c2C)ccc1C. The number of halogens is 1. The minimum Gasteiger partial charge on any atom is -0.457 e. The number of hydrogen-bond acceptors (Lipinski definition) is 3. The van der Waals surface area contributed by atoms with Crippen LogP contribution in [0.5, 0.6) is 11.5 Å². The highest BCUT2D eigenvalue weighted by Crippen LogP contribution is 2.32. The molecule has 2 aromatic rings. The zero-order valence-corrected chi connectivity index (χ0v) is 13.8. The lowest BCUT2D eigenvalue weighted by atomic mass is 10.1. The first-order chi connectivity index (χ1) is 10.5. The molecule has 0 heterocycles. The number of anilines is 1. The second kappa shape index (κ2) is 8.17. The van der Waals surface area contributed by atoms with E-state index in [9.17, 15) is 4.39 Å². The van der Waals surface area contributed by atoms with E-state index in [4.69, 9.17) is 10.5 Å². The molecule has 0 atom stereocenters. The van der Waals surface area contributed by atoms with E-state index in [0.29, 0.717) is 17.1 Å². The average molecular weight is 302 g/mol. The molecule has 2 aromatic carbocycles. The second-order valence-electron chi connectivity index (χ2n) is 4.53. The molecule has 0 amide bonds. The molecule has 0 saturated carbocycles. The van der Waals surface area contributed by atoms with Gasteiger partial charge >= 0.3 is 0 Å². The molecule has 0 aliphatic rings. The molecule has 2 rings (SSSR count). The van der Waals surface area contributed by atoms with Crippen LogP contribution in [0, 0.1) is 19.7 Å². The monoisotopic (exact) mass is 302 g/mol. The molecule has 0 saturated heterocycles. The number of aliphatic imine (C=N–C) groups is 1. The summed E-state index contributed by atoms with van der Waals surface area (Å²) in [6.45, 7) is 9.47. The van der Waals surface area contributed by atoms with Crippen LogP contribution >= 0.6 is 0 Å². The predicted molar refractivity (Wildman–Crippen MR) is 92.0 cm³/mol. The molecule has 2 N–H and O–H groups in total. The maximum atomic E-state index is 13.7. The number of nitrogens with two attached hydrogens (primary N) is 1. The molecule has 22 heavy (non-hydrogen) atoms. The zero-order chi connectivity index (χ0) is 16.7. The third-order valence-corrected chi connectivity index (χ3v) is 3.04. The lowest BCUT2D eigenvalue weighted by Crippen LogP contribution is -1.96. The van der Waals surface area contributed by atoms with Crippen molar-refractivity contribution in [2.45, 2.75) is 34.6 Å². The van der Waals surface area contributed by atoms with Gasteiger partial charge in [-0.1, -0.05) is 19.9 Å². The van der Waals surface area contributed by atoms with Crippen molar-refractivity contribution in [3.05, 3.63) is 47.3 Å². The molecular formula is C18H23FN2O. The summed E-state index contributed by atoms with van der Waals surface area (Å²) in [6, 6.07) is 8.73. The van der Waals surface area contributed by atoms with E-state index in [0.717, 1.165) is 11.3 Å². The van der Waals surface area contributed by atoms with Gasteiger partial charge in [0.25, 0.3) is 0 Å². The summed E-state index contributed by atoms with van der Waals surface area (Å²) >= 11 is 0. The number of benzene rings is 2. The topological polar surface area (TPSA) is 47.6 Å². The minimum absolute atomic E-state index is 0.120. The molecule has 0 aliphatic carbocycles. The molecule has 0 aliphatic heterocycles. The Morgan fingerprint density at radius 3 is 2.45 bits per heavy atom. The van der Waals surface area contributed by atoms with E-state index in [1.54, 1.807) is 19.2 Å². The van der Waals surface area contributed by atoms with Gasteiger partial charge in [-0.05, 0) is 44.5 Å². The Kier molecular flexibility index (Phi) is 6.57. The summed E-state index contributed by atoms with van der Waals surface area (Å²) in [5.41, 5.74) is 7.92. The quantitative estimate of drug-likeness (QED) is 0.595. The number of nitrogens with zero attached hydrogens (tertiary/aromatic N) is 1. The number of nitrogen functional groups attached to an aromatic ring is 1. The van der Waals surface area contributed by atoms with Crippen molar-refractivity contribution in [1.82, 2.24) is 0 Å². The highest BCUT2D eigenvalue weighted by Gasteiger charge is 2.10. The number of hydrogen-bond donors (Lipinski definition) is 1. The maximum Gasteiger partial charge on any atom is 0.152 e. The van der Waals surface area contributed by atoms with Crippen LogP contribution in [0.1, 0.15) is 31.9 Å². The van der Waals surface area contributed by atoms with Gasteiger partial charge in [0.1, 0.15) is 11.5 Å². The van der Waals surface area contributed by atoms with E-state index >= 15 is 0 Å². The van der Waals surface area contributed by atoms with E-state index < -0.39 is 5.82 Å². The Morgan fingerprint density at radius 1 is 1.14 bits per heavy atom. The Hall–Kier alpha value is -2.36. The van der Waals surface area contributed by atoms with Crippen molar-refractivity contribution in [2.24, 2.45) is 4.99 Å². The Labute approximate surface area is 131 Å². The zero-order valence-electron chi connectivity index (χ0n) is 13.8. The smallest absolute Gasteiger partial charge is 0.152 e. The van der Waals surface area contributed by atoms with Gasteiger partial charge in [0.15, 0.2) is 5.82 Å². The molecular weight excluding hydrogens is 279 g/mol. The van der Waals surface area contributed by atoms with Crippen LogP contribution in [0.3, 0.4) is 0 Å². The summed E-state index contributed by atoms with van der Waals surface area (Å²) in [5, 5.41) is 0. The van der Waals surface area contributed by atoms with Gasteiger partial charge in [-0.3, -0.25) is 4.99 Å². The van der Waals surface area contributed by atoms with Gasteiger partial charge in [-0.15, -0.1) is 0 Å². The van der Waals surface area contributed by atoms with E-state index in [-0.39, 0.29) is 5.69 Å². The van der Waals surface area contributed by atoms with Crippen molar-refractivity contribution < 1.29 is 9.13 Å². The van der Waals surface area contributed by atoms with Crippen LogP contribution in [-0.4, -0.2) is 6.21 Å². The first kappa shape index (κ1) is 17.7. The molecule has 4 heteroatoms. The summed E-state index contributed by atoms with van der Waals surface area (Å²) in [7, 11) is 0. The van der Waals surface area contributed by atoms with Gasteiger partial charge in [0.05, 0.1) is 11.4 Å². The number of aryl methyl sites for hydroxylation is 1. The van der Waals surface area contributed by atoms with Gasteiger partial charge in [0, 0.05) is 17.8 Å². The molecule has 3 nitrogen and oxygen atoms in total. The van der Waals surface area contributed by atoms with Gasteiger partial charge < -0.3 is 10.5 Å². The predicted octanol–water partition coefficient (Wildman–Crippen LogP) is 5.57. The fraction of sp³-hybridized carbons (Fsp3) is 0.278. The van der Waals surface area contributed by atoms with E-state index in [1.165, 1.54) is 6.07 Å². The normalized spacial score (nSPS) is 10.3. The standard InChI is InChI=1S/C16H17FN2O.C2H6/c1-4-19-14-9-12(6-5-10(14)2)20-15-8-7-13(18)16(17)11(15)3;1-2/h4-9H,18H2,1-3H3;1-2H3. The Bertz CT molecular complexity index is 666. The van der Waals surface area contributed by atoms with Crippen LogP contribution in [0.2, 0.25) is 0 Å². The van der Waals surface area contributed by atoms with Crippen molar-refractivity contribution in [3.8, 4) is 11.5 Å². The largest absolute Gasteiger partial charge is 0.457 e. The average Bonchev–Trinajstić information content (AvgIpc) is 2.53. The third-order valence-electron chi connectivity index (χ3n) is 3.04. The molecule has 0 radical (unpaired) electrons. The van der Waals surface area contributed by atoms with Crippen LogP contribution < -0.4 is 10.5 Å². The molecule has 0 aromatic heterocycles. The van der Waals surface area contributed by atoms with Gasteiger partial charge in [0.2, 0.25) is 0 Å². The first-order valence-corrected chi connectivity index (χ1v) is 7.34. The van der Waals surface area contributed by atoms with Crippen LogP contribution in [0.25, 0.3) is 0 Å². The number of ether oxygens (including phenoxy) is 1. The van der Waals surface area contributed by atoms with Crippen molar-refractivity contribution in [2.75, 3.05) is 5.73 Å². The Morgan fingerprint density at radius 2 is 1.82 bits per heavy atom. The number of rotatable bonds is 3. The second-order valence-corrected chi connectivity index (χ2v) is 4.53. The minimum atomic E-state index is -0.443. The molecule has 0 unspecified atom stereocenters. The van der Waals surface area contributed by atoms with Gasteiger partial charge in [-0.2, -0.15) is 0 Å². The van der Waals surface area contributed by atoms with Crippen LogP contribution in [-0.2, 0) is 0 Å².